The summed E-state index contributed by atoms with van der Waals surface area (Å²) >= 11 is 7.98. The Balaban J connectivity index is -0.000000337. The Kier molecular flexibility index (Phi) is 45.5. The third-order valence-corrected chi connectivity index (χ3v) is 15.3. The molecule has 8 rings (SSSR count). The lowest BCUT2D eigenvalue weighted by Crippen LogP contribution is -2.32. The molecule has 5 N–H and O–H groups in total. The molecule has 0 amide bonds. The standard InChI is InChI=1S/C14H16N2O5S.C9H8N2O4S.C7H9NO2S.C7H9NOS.C6H6O4.C4H6N2OS.C4H6N2S.C4H6O3.5CH4/c1-7-6-22-13-15-8(11(18)20-5)9(10(17)16(7)13)21-12(19)14(2,3)4;1-4-3-16-9-10-5(8(14)15-2)6(12)7(13)11(4)9;1-5-4-11-7(8(5)10)3-6(2)9;1-5-4-10-7(8-5)3-6(2)9;1-9-5(7)3-4-6(8)10-2;1-3-2-8-4(5)6(3)7;1-3-2-7-4(5)6-3;1-3(5)7-4(2)6;;;;;/h6H,1-5H3;3,12H,1-2H3;4H,3H2,1-2H3;4H,3H2,1-2H3;1-2H3;2,5,7H,1H3;2H,1H3,(H2,5,6);1-2H3;5*1H4. The molecule has 0 unspecified atom stereocenters. The fourth-order valence-corrected chi connectivity index (χ4v) is 10.3. The minimum Gasteiger partial charge on any atom is -0.618 e. The van der Waals surface area contributed by atoms with Gasteiger partial charge in [-0.3, -0.25) is 47.8 Å². The lowest BCUT2D eigenvalue weighted by Gasteiger charge is -2.16. The Morgan fingerprint density at radius 3 is 1.35 bits per heavy atom. The van der Waals surface area contributed by atoms with E-state index in [0.717, 1.165) is 33.0 Å². The van der Waals surface area contributed by atoms with Crippen molar-refractivity contribution in [3.8, 4) is 23.3 Å². The maximum Gasteiger partial charge on any atom is 0.384 e. The maximum absolute atomic E-state index is 12.6. The number of methoxy groups -OCH3 is 4. The van der Waals surface area contributed by atoms with Crippen molar-refractivity contribution in [3.05, 3.63) is 119 Å². The number of nitrogens with one attached hydrogen (secondary N) is 1. The number of anilines is 1. The summed E-state index contributed by atoms with van der Waals surface area (Å²) in [6.07, 6.45) is 0.737. The van der Waals surface area contributed by atoms with Crippen LogP contribution in [0.15, 0.2) is 41.9 Å². The molecule has 96 heavy (non-hydrogen) atoms. The van der Waals surface area contributed by atoms with E-state index in [4.69, 9.17) is 21.1 Å². The molecule has 0 aliphatic rings. The SMILES string of the molecule is C.C.C.C.C.CC(=O)Cc1nc(C)cs1.CC(=O)Cc1scc(C)[n+]1[O-].CC(=O)OC(C)=O.COC(=O)C#CC(=O)OC.COC(=O)c1nc2scc(C)n2c(=O)c1O.COC(=O)c1nc2scc(C)n2c(=O)c1OC(=O)C(C)(C)C.Cc1csc(=N)n1O.Cc1csc(N)n1. The topological polar surface area (TPSA) is 426 Å². The molecule has 0 aliphatic heterocycles. The quantitative estimate of drug-likeness (QED) is 0.0169. The molecule has 0 aliphatic carbocycles. The van der Waals surface area contributed by atoms with Gasteiger partial charge in [0.2, 0.25) is 22.0 Å². The molecule has 0 fully saturated rings. The molecule has 30 nitrogen and oxygen atoms in total. The van der Waals surface area contributed by atoms with E-state index in [-0.39, 0.29) is 71.3 Å². The van der Waals surface area contributed by atoms with Gasteiger partial charge in [-0.25, -0.2) is 39.1 Å². The molecule has 0 saturated carbocycles. The first-order valence-electron chi connectivity index (χ1n) is 25.5. The average molecular weight is 1460 g/mol. The summed E-state index contributed by atoms with van der Waals surface area (Å²) in [5.74, 6) is -2.05. The van der Waals surface area contributed by atoms with Gasteiger partial charge in [0.15, 0.2) is 26.4 Å². The average Bonchev–Trinajstić information content (AvgIpc) is 1.67. The highest BCUT2D eigenvalue weighted by atomic mass is 32.1. The highest BCUT2D eigenvalue weighted by Gasteiger charge is 2.30. The number of nitrogens with zero attached hydrogens (tertiary/aromatic N) is 8. The molecule has 0 atom stereocenters. The monoisotopic (exact) mass is 1460 g/mol. The zero-order valence-corrected chi connectivity index (χ0v) is 57.1. The van der Waals surface area contributed by atoms with Crippen LogP contribution in [0.25, 0.3) is 9.92 Å². The summed E-state index contributed by atoms with van der Waals surface area (Å²) in [6.45, 7) is 21.1. The molecule has 0 bridgehead atoms. The maximum atomic E-state index is 12.6. The number of hydrogen-bond donors (Lipinski definition) is 4. The van der Waals surface area contributed by atoms with E-state index in [9.17, 15) is 63.1 Å². The number of aryl methyl sites for hydroxylation is 6. The van der Waals surface area contributed by atoms with Crippen molar-refractivity contribution in [2.45, 2.75) is 140 Å². The molecule has 0 spiro atoms. The number of carbonyl (C=O) groups is 9. The van der Waals surface area contributed by atoms with Crippen molar-refractivity contribution in [2.75, 3.05) is 34.2 Å². The van der Waals surface area contributed by atoms with Crippen molar-refractivity contribution in [2.24, 2.45) is 5.41 Å². The Morgan fingerprint density at radius 2 is 1.04 bits per heavy atom. The van der Waals surface area contributed by atoms with Crippen LogP contribution in [0, 0.1) is 69.4 Å². The van der Waals surface area contributed by atoms with E-state index in [2.05, 4.69) is 43.6 Å². The van der Waals surface area contributed by atoms with Crippen molar-refractivity contribution >= 4 is 136 Å². The number of fused-ring (bicyclic) bond motifs is 2. The van der Waals surface area contributed by atoms with Crippen molar-refractivity contribution < 1.29 is 86.6 Å². The van der Waals surface area contributed by atoms with Crippen molar-refractivity contribution in [1.82, 2.24) is 33.5 Å². The summed E-state index contributed by atoms with van der Waals surface area (Å²) in [5.41, 5.74) is 7.20. The fraction of sp³-hybridized carbons (Fsp3) is 0.417. The van der Waals surface area contributed by atoms with Crippen LogP contribution >= 0.6 is 68.0 Å². The Morgan fingerprint density at radius 1 is 0.604 bits per heavy atom. The van der Waals surface area contributed by atoms with Crippen LogP contribution in [0.4, 0.5) is 5.13 Å². The zero-order chi connectivity index (χ0) is 69.8. The second-order valence-electron chi connectivity index (χ2n) is 18.7. The van der Waals surface area contributed by atoms with Crippen molar-refractivity contribution in [3.63, 3.8) is 0 Å². The number of thiazole rings is 6. The number of carbonyl (C=O) groups excluding carboxylic acids is 9. The second kappa shape index (κ2) is 45.8. The molecule has 36 heteroatoms. The predicted molar refractivity (Wildman–Crippen MR) is 370 cm³/mol. The zero-order valence-electron chi connectivity index (χ0n) is 52.2. The number of ketones is 2. The van der Waals surface area contributed by atoms with Crippen LogP contribution < -0.4 is 31.1 Å². The van der Waals surface area contributed by atoms with Gasteiger partial charge in [0, 0.05) is 76.6 Å². The number of nitrogens with two attached hydrogens (primary N) is 1. The molecule has 8 aromatic rings. The highest BCUT2D eigenvalue weighted by Crippen LogP contribution is 2.23. The van der Waals surface area contributed by atoms with E-state index in [1.807, 2.05) is 36.4 Å². The van der Waals surface area contributed by atoms with Gasteiger partial charge in [-0.05, 0) is 69.2 Å². The third kappa shape index (κ3) is 32.1. The Bertz CT molecular complexity index is 4080. The van der Waals surface area contributed by atoms with E-state index in [0.29, 0.717) is 49.3 Å². The number of Topliss-reactive ketones (excluding diaryl/α,β-unsaturated/α-hetero) is 2. The number of aromatic hydroxyl groups is 1. The van der Waals surface area contributed by atoms with Gasteiger partial charge in [0.1, 0.15) is 23.0 Å². The summed E-state index contributed by atoms with van der Waals surface area (Å²) in [4.78, 5) is 138. The van der Waals surface area contributed by atoms with Crippen LogP contribution in [0.1, 0.15) is 151 Å². The Hall–Kier alpha value is -9.41. The number of rotatable bonds is 7. The van der Waals surface area contributed by atoms with Gasteiger partial charge in [-0.1, -0.05) is 48.5 Å². The van der Waals surface area contributed by atoms with E-state index < -0.39 is 69.8 Å². The van der Waals surface area contributed by atoms with Crippen LogP contribution in [0.3, 0.4) is 0 Å². The van der Waals surface area contributed by atoms with Crippen LogP contribution in [0.2, 0.25) is 0 Å². The van der Waals surface area contributed by atoms with Gasteiger partial charge in [-0.15, -0.1) is 56.7 Å². The van der Waals surface area contributed by atoms with E-state index in [1.54, 1.807) is 88.2 Å². The molecule has 532 valence electrons. The molecule has 8 heterocycles. The van der Waals surface area contributed by atoms with Gasteiger partial charge < -0.3 is 49.7 Å². The normalized spacial score (nSPS) is 9.34. The minimum absolute atomic E-state index is 0. The first-order chi connectivity index (χ1) is 42.3. The molecule has 0 aromatic carbocycles. The number of nitrogen functional groups attached to an aromatic ring is 1. The van der Waals surface area contributed by atoms with Gasteiger partial charge >= 0.3 is 52.9 Å². The molecular formula is C60H86N10O20S6. The minimum atomic E-state index is -0.831. The lowest BCUT2D eigenvalue weighted by atomic mass is 9.97. The van der Waals surface area contributed by atoms with Crippen LogP contribution in [-0.2, 0) is 70.1 Å². The fourth-order valence-electron chi connectivity index (χ4n) is 5.60. The smallest absolute Gasteiger partial charge is 0.384 e. The summed E-state index contributed by atoms with van der Waals surface area (Å²) in [6, 6.07) is 0. The lowest BCUT2D eigenvalue weighted by molar-refractivity contribution is -0.614. The van der Waals surface area contributed by atoms with Gasteiger partial charge in [0.05, 0.1) is 57.0 Å². The van der Waals surface area contributed by atoms with Crippen LogP contribution in [-0.4, -0.2) is 126 Å². The predicted octanol–water partition coefficient (Wildman–Crippen LogP) is 8.98. The molecular weight excluding hydrogens is 1370 g/mol. The van der Waals surface area contributed by atoms with E-state index in [1.165, 1.54) is 108 Å². The summed E-state index contributed by atoms with van der Waals surface area (Å²) in [7, 11) is 4.67. The van der Waals surface area contributed by atoms with Gasteiger partial charge in [0.25, 0.3) is 5.01 Å². The summed E-state index contributed by atoms with van der Waals surface area (Å²) < 4.78 is 30.6. The number of esters is 7. The first-order valence-corrected chi connectivity index (χ1v) is 30.7. The van der Waals surface area contributed by atoms with Crippen LogP contribution in [0.5, 0.6) is 11.5 Å². The number of aromatic nitrogens is 8. The highest BCUT2D eigenvalue weighted by molar-refractivity contribution is 7.15. The summed E-state index contributed by atoms with van der Waals surface area (Å²) in [5, 5.41) is 49.3. The first kappa shape index (κ1) is 95.3. The number of ether oxygens (including phenoxy) is 6. The largest absolute Gasteiger partial charge is 0.618 e. The van der Waals surface area contributed by atoms with Crippen molar-refractivity contribution in [1.29, 1.82) is 5.41 Å². The Labute approximate surface area is 580 Å². The molecule has 8 aromatic heterocycles. The van der Waals surface area contributed by atoms with Gasteiger partial charge in [-0.2, -0.15) is 9.46 Å². The second-order valence-corrected chi connectivity index (χ2v) is 24.0. The molecule has 0 saturated heterocycles. The molecule has 0 radical (unpaired) electrons. The number of hydrogen-bond acceptors (Lipinski definition) is 32. The third-order valence-electron chi connectivity index (χ3n) is 9.79. The van der Waals surface area contributed by atoms with E-state index >= 15 is 0 Å².